The van der Waals surface area contributed by atoms with Crippen molar-refractivity contribution >= 4 is 21.6 Å². The number of carbonyl (C=O) groups excluding carboxylic acids is 1. The van der Waals surface area contributed by atoms with E-state index in [4.69, 9.17) is 4.42 Å². The van der Waals surface area contributed by atoms with E-state index in [0.29, 0.717) is 31.0 Å². The SMILES string of the molecule is O=C(c1nnc(-c2cc(S(=O)(=O)N3CCCc4ccccc43)c[nH]2)o1)N1CCCC1. The first-order valence-corrected chi connectivity index (χ1v) is 11.4. The molecule has 30 heavy (non-hydrogen) atoms. The first-order valence-electron chi connectivity index (χ1n) is 9.96. The van der Waals surface area contributed by atoms with E-state index in [-0.39, 0.29) is 22.6 Å². The number of aryl methyl sites for hydroxylation is 1. The second-order valence-corrected chi connectivity index (χ2v) is 9.33. The molecule has 1 N–H and O–H groups in total. The number of anilines is 1. The predicted octanol–water partition coefficient (Wildman–Crippen LogP) is 2.44. The molecule has 0 atom stereocenters. The highest BCUT2D eigenvalue weighted by atomic mass is 32.2. The van der Waals surface area contributed by atoms with Crippen LogP contribution >= 0.6 is 0 Å². The number of nitrogens with one attached hydrogen (secondary N) is 1. The van der Waals surface area contributed by atoms with Gasteiger partial charge in [0.15, 0.2) is 0 Å². The first kappa shape index (κ1) is 18.9. The predicted molar refractivity (Wildman–Crippen MR) is 109 cm³/mol. The van der Waals surface area contributed by atoms with Gasteiger partial charge in [-0.1, -0.05) is 18.2 Å². The second kappa shape index (κ2) is 7.28. The number of likely N-dealkylation sites (tertiary alicyclic amines) is 1. The molecule has 5 rings (SSSR count). The third-order valence-electron chi connectivity index (χ3n) is 5.54. The van der Waals surface area contributed by atoms with E-state index in [1.54, 1.807) is 4.90 Å². The Morgan fingerprint density at radius 3 is 2.70 bits per heavy atom. The Bertz CT molecular complexity index is 1190. The maximum atomic E-state index is 13.3. The lowest BCUT2D eigenvalue weighted by molar-refractivity contribution is 0.0754. The monoisotopic (exact) mass is 427 g/mol. The number of aromatic amines is 1. The largest absolute Gasteiger partial charge is 0.411 e. The molecule has 9 nitrogen and oxygen atoms in total. The van der Waals surface area contributed by atoms with Gasteiger partial charge < -0.3 is 14.3 Å². The molecule has 1 fully saturated rings. The van der Waals surface area contributed by atoms with Crippen molar-refractivity contribution in [1.82, 2.24) is 20.1 Å². The van der Waals surface area contributed by atoms with Crippen molar-refractivity contribution < 1.29 is 17.6 Å². The van der Waals surface area contributed by atoms with E-state index in [1.807, 2.05) is 24.3 Å². The summed E-state index contributed by atoms with van der Waals surface area (Å²) in [4.78, 5) is 17.1. The van der Waals surface area contributed by atoms with Crippen molar-refractivity contribution in [2.75, 3.05) is 23.9 Å². The number of aromatic nitrogens is 3. The quantitative estimate of drug-likeness (QED) is 0.684. The van der Waals surface area contributed by atoms with E-state index in [0.717, 1.165) is 31.2 Å². The minimum Gasteiger partial charge on any atom is -0.411 e. The lowest BCUT2D eigenvalue weighted by atomic mass is 10.0. The lowest BCUT2D eigenvalue weighted by Crippen LogP contribution is -2.35. The Labute approximate surface area is 173 Å². The minimum absolute atomic E-state index is 0.0815. The zero-order chi connectivity index (χ0) is 20.7. The number of benzene rings is 1. The van der Waals surface area contributed by atoms with E-state index >= 15 is 0 Å². The Morgan fingerprint density at radius 2 is 1.87 bits per heavy atom. The molecule has 1 saturated heterocycles. The number of amides is 1. The van der Waals surface area contributed by atoms with E-state index < -0.39 is 10.0 Å². The number of H-pyrrole nitrogens is 1. The van der Waals surface area contributed by atoms with Gasteiger partial charge in [-0.15, -0.1) is 10.2 Å². The van der Waals surface area contributed by atoms with Crippen molar-refractivity contribution in [3.8, 4) is 11.6 Å². The number of sulfonamides is 1. The average Bonchev–Trinajstić information content (AvgIpc) is 3.54. The number of para-hydroxylation sites is 1. The van der Waals surface area contributed by atoms with Crippen LogP contribution in [0, 0.1) is 0 Å². The highest BCUT2D eigenvalue weighted by Gasteiger charge is 2.31. The zero-order valence-electron chi connectivity index (χ0n) is 16.2. The molecule has 0 radical (unpaired) electrons. The minimum atomic E-state index is -3.75. The fourth-order valence-electron chi connectivity index (χ4n) is 4.00. The normalized spacial score (nSPS) is 16.7. The van der Waals surface area contributed by atoms with Gasteiger partial charge in [0.05, 0.1) is 5.69 Å². The van der Waals surface area contributed by atoms with Gasteiger partial charge in [-0.25, -0.2) is 8.42 Å². The Balaban J connectivity index is 1.42. The number of rotatable bonds is 4. The van der Waals surface area contributed by atoms with Crippen molar-refractivity contribution in [3.05, 3.63) is 48.0 Å². The summed E-state index contributed by atoms with van der Waals surface area (Å²) in [5.74, 6) is -0.301. The molecule has 1 aromatic carbocycles. The van der Waals surface area contributed by atoms with Crippen LogP contribution in [0.4, 0.5) is 5.69 Å². The standard InChI is InChI=1S/C20H21N5O4S/c26-20(24-9-3-4-10-24)19-23-22-18(29-19)16-12-15(13-21-16)30(27,28)25-11-5-7-14-6-1-2-8-17(14)25/h1-2,6,8,12-13,21H,3-5,7,9-11H2. The molecule has 2 aliphatic heterocycles. The van der Waals surface area contributed by atoms with Crippen LogP contribution in [0.25, 0.3) is 11.6 Å². The lowest BCUT2D eigenvalue weighted by Gasteiger charge is -2.30. The summed E-state index contributed by atoms with van der Waals surface area (Å²) < 4.78 is 33.5. The van der Waals surface area contributed by atoms with Gasteiger partial charge in [0.1, 0.15) is 10.6 Å². The molecular formula is C20H21N5O4S. The Kier molecular flexibility index (Phi) is 4.58. The fraction of sp³-hybridized carbons (Fsp3) is 0.350. The van der Waals surface area contributed by atoms with Crippen LogP contribution in [0.3, 0.4) is 0 Å². The van der Waals surface area contributed by atoms with Crippen LogP contribution < -0.4 is 4.31 Å². The molecule has 3 aromatic rings. The summed E-state index contributed by atoms with van der Waals surface area (Å²) in [6.07, 6.45) is 4.96. The molecule has 10 heteroatoms. The number of hydrogen-bond donors (Lipinski definition) is 1. The van der Waals surface area contributed by atoms with Gasteiger partial charge in [-0.05, 0) is 43.4 Å². The summed E-state index contributed by atoms with van der Waals surface area (Å²) in [6.45, 7) is 1.78. The number of carbonyl (C=O) groups is 1. The number of fused-ring (bicyclic) bond motifs is 1. The van der Waals surface area contributed by atoms with Crippen molar-refractivity contribution in [3.63, 3.8) is 0 Å². The average molecular weight is 427 g/mol. The van der Waals surface area contributed by atoms with Gasteiger partial charge in [0.25, 0.3) is 15.9 Å². The molecule has 0 unspecified atom stereocenters. The Morgan fingerprint density at radius 1 is 1.07 bits per heavy atom. The van der Waals surface area contributed by atoms with Gasteiger partial charge in [-0.2, -0.15) is 0 Å². The molecule has 156 valence electrons. The molecule has 4 heterocycles. The molecule has 0 aliphatic carbocycles. The molecule has 1 amide bonds. The topological polar surface area (TPSA) is 112 Å². The highest BCUT2D eigenvalue weighted by Crippen LogP contribution is 2.32. The van der Waals surface area contributed by atoms with Gasteiger partial charge in [-0.3, -0.25) is 9.10 Å². The van der Waals surface area contributed by atoms with Crippen molar-refractivity contribution in [1.29, 1.82) is 0 Å². The van der Waals surface area contributed by atoms with Crippen LogP contribution in [-0.2, 0) is 16.4 Å². The molecule has 2 aliphatic rings. The molecule has 2 aromatic heterocycles. The molecule has 0 spiro atoms. The highest BCUT2D eigenvalue weighted by molar-refractivity contribution is 7.92. The first-order chi connectivity index (χ1) is 14.5. The summed E-state index contributed by atoms with van der Waals surface area (Å²) in [6, 6.07) is 9.00. The van der Waals surface area contributed by atoms with Gasteiger partial charge in [0, 0.05) is 25.8 Å². The summed E-state index contributed by atoms with van der Waals surface area (Å²) in [7, 11) is -3.75. The second-order valence-electron chi connectivity index (χ2n) is 7.47. The third-order valence-corrected chi connectivity index (χ3v) is 7.33. The smallest absolute Gasteiger partial charge is 0.311 e. The van der Waals surface area contributed by atoms with Crippen molar-refractivity contribution in [2.24, 2.45) is 0 Å². The molecular weight excluding hydrogens is 406 g/mol. The molecule has 0 bridgehead atoms. The summed E-state index contributed by atoms with van der Waals surface area (Å²) >= 11 is 0. The van der Waals surface area contributed by atoms with Crippen LogP contribution in [0.5, 0.6) is 0 Å². The Hall–Kier alpha value is -3.14. The number of hydrogen-bond acceptors (Lipinski definition) is 6. The van der Waals surface area contributed by atoms with Crippen LogP contribution in [-0.4, -0.2) is 54.0 Å². The van der Waals surface area contributed by atoms with Crippen molar-refractivity contribution in [2.45, 2.75) is 30.6 Å². The third kappa shape index (κ3) is 3.17. The number of nitrogens with zero attached hydrogens (tertiary/aromatic N) is 4. The maximum absolute atomic E-state index is 13.3. The zero-order valence-corrected chi connectivity index (χ0v) is 17.1. The van der Waals surface area contributed by atoms with E-state index in [1.165, 1.54) is 16.6 Å². The van der Waals surface area contributed by atoms with E-state index in [2.05, 4.69) is 15.2 Å². The van der Waals surface area contributed by atoms with Gasteiger partial charge in [0.2, 0.25) is 0 Å². The van der Waals surface area contributed by atoms with E-state index in [9.17, 15) is 13.2 Å². The maximum Gasteiger partial charge on any atom is 0.311 e. The van der Waals surface area contributed by atoms with Crippen LogP contribution in [0.2, 0.25) is 0 Å². The fourth-order valence-corrected chi connectivity index (χ4v) is 5.53. The van der Waals surface area contributed by atoms with Crippen LogP contribution in [0.1, 0.15) is 35.5 Å². The van der Waals surface area contributed by atoms with Crippen LogP contribution in [0.15, 0.2) is 45.8 Å². The summed E-state index contributed by atoms with van der Waals surface area (Å²) in [5.41, 5.74) is 2.08. The van der Waals surface area contributed by atoms with Gasteiger partial charge >= 0.3 is 11.8 Å². The summed E-state index contributed by atoms with van der Waals surface area (Å²) in [5, 5.41) is 7.76. The molecule has 0 saturated carbocycles.